The summed E-state index contributed by atoms with van der Waals surface area (Å²) in [5.74, 6) is 0.705. The molecule has 0 aromatic heterocycles. The van der Waals surface area contributed by atoms with Crippen molar-refractivity contribution in [3.63, 3.8) is 0 Å². The van der Waals surface area contributed by atoms with Crippen molar-refractivity contribution in [1.82, 2.24) is 5.32 Å². The minimum Gasteiger partial charge on any atom is -0.369 e. The van der Waals surface area contributed by atoms with Crippen molar-refractivity contribution in [2.24, 2.45) is 5.92 Å². The second kappa shape index (κ2) is 8.31. The molecule has 1 aromatic rings. The van der Waals surface area contributed by atoms with E-state index in [4.69, 9.17) is 0 Å². The van der Waals surface area contributed by atoms with Crippen LogP contribution in [0.2, 0.25) is 0 Å². The zero-order valence-electron chi connectivity index (χ0n) is 14.2. The molecule has 0 saturated heterocycles. The molecule has 1 N–H and O–H groups in total. The van der Waals surface area contributed by atoms with Crippen LogP contribution in [0.25, 0.3) is 0 Å². The van der Waals surface area contributed by atoms with Gasteiger partial charge in [-0.2, -0.15) is 0 Å². The molecule has 114 valence electrons. The van der Waals surface area contributed by atoms with Gasteiger partial charge in [-0.25, -0.2) is 0 Å². The monoisotopic (exact) mass is 276 g/mol. The highest BCUT2D eigenvalue weighted by Crippen LogP contribution is 2.24. The molecule has 20 heavy (non-hydrogen) atoms. The minimum atomic E-state index is 0.601. The smallest absolute Gasteiger partial charge is 0.0398 e. The van der Waals surface area contributed by atoms with Crippen LogP contribution in [-0.4, -0.2) is 19.1 Å². The van der Waals surface area contributed by atoms with Gasteiger partial charge >= 0.3 is 0 Å². The Balaban J connectivity index is 2.76. The molecule has 0 fully saturated rings. The van der Waals surface area contributed by atoms with Gasteiger partial charge in [0.25, 0.3) is 0 Å². The van der Waals surface area contributed by atoms with Crippen molar-refractivity contribution in [2.45, 2.75) is 60.5 Å². The molecule has 2 heteroatoms. The summed E-state index contributed by atoms with van der Waals surface area (Å²) in [6, 6.07) is 7.48. The Morgan fingerprint density at radius 2 is 1.85 bits per heavy atom. The quantitative estimate of drug-likeness (QED) is 0.758. The molecular weight excluding hydrogens is 244 g/mol. The molecule has 0 radical (unpaired) electrons. The van der Waals surface area contributed by atoms with E-state index >= 15 is 0 Å². The van der Waals surface area contributed by atoms with E-state index < -0.39 is 0 Å². The normalized spacial score (nSPS) is 12.8. The third-order valence-corrected chi connectivity index (χ3v) is 3.92. The predicted octanol–water partition coefficient (Wildman–Crippen LogP) is 4.37. The zero-order chi connectivity index (χ0) is 15.1. The summed E-state index contributed by atoms with van der Waals surface area (Å²) in [6.45, 7) is 16.6. The van der Waals surface area contributed by atoms with Crippen LogP contribution in [0, 0.1) is 12.8 Å². The number of benzene rings is 1. The number of nitrogens with zero attached hydrogens (tertiary/aromatic N) is 1. The molecular formula is C18H32N2. The third kappa shape index (κ3) is 4.82. The molecule has 2 nitrogen and oxygen atoms in total. The van der Waals surface area contributed by atoms with Crippen LogP contribution in [0.1, 0.15) is 52.2 Å². The summed E-state index contributed by atoms with van der Waals surface area (Å²) in [4.78, 5) is 2.50. The predicted molar refractivity (Wildman–Crippen MR) is 90.5 cm³/mol. The van der Waals surface area contributed by atoms with Crippen LogP contribution in [0.4, 0.5) is 5.69 Å². The van der Waals surface area contributed by atoms with E-state index in [-0.39, 0.29) is 0 Å². The van der Waals surface area contributed by atoms with E-state index in [2.05, 4.69) is 70.0 Å². The number of hydrogen-bond acceptors (Lipinski definition) is 2. The van der Waals surface area contributed by atoms with Gasteiger partial charge < -0.3 is 10.2 Å². The molecule has 1 unspecified atom stereocenters. The number of nitrogens with one attached hydrogen (secondary N) is 1. The van der Waals surface area contributed by atoms with E-state index in [0.717, 1.165) is 19.6 Å². The van der Waals surface area contributed by atoms with Gasteiger partial charge in [-0.3, -0.25) is 0 Å². The fraction of sp³-hybridized carbons (Fsp3) is 0.667. The molecule has 0 spiro atoms. The highest BCUT2D eigenvalue weighted by Gasteiger charge is 2.13. The van der Waals surface area contributed by atoms with Gasteiger partial charge in [0.1, 0.15) is 0 Å². The Morgan fingerprint density at radius 3 is 2.35 bits per heavy atom. The molecule has 0 amide bonds. The first-order valence-electron chi connectivity index (χ1n) is 8.06. The van der Waals surface area contributed by atoms with Crippen LogP contribution in [0.15, 0.2) is 18.2 Å². The molecule has 0 aliphatic rings. The number of aryl methyl sites for hydroxylation is 1. The average molecular weight is 276 g/mol. The zero-order valence-corrected chi connectivity index (χ0v) is 14.2. The van der Waals surface area contributed by atoms with E-state index in [0.29, 0.717) is 12.0 Å². The maximum atomic E-state index is 3.51. The molecule has 1 rings (SSSR count). The Morgan fingerprint density at radius 1 is 1.15 bits per heavy atom. The first-order valence-corrected chi connectivity index (χ1v) is 8.06. The van der Waals surface area contributed by atoms with Crippen LogP contribution >= 0.6 is 0 Å². The topological polar surface area (TPSA) is 15.3 Å². The fourth-order valence-corrected chi connectivity index (χ4v) is 2.59. The summed E-state index contributed by atoms with van der Waals surface area (Å²) in [6.07, 6.45) is 1.19. The lowest BCUT2D eigenvalue weighted by molar-refractivity contribution is 0.552. The summed E-state index contributed by atoms with van der Waals surface area (Å²) in [5.41, 5.74) is 4.15. The van der Waals surface area contributed by atoms with Crippen LogP contribution < -0.4 is 10.2 Å². The standard InChI is InChI=1S/C18H32N2/c1-7-16(6)20(8-2)18-10-9-17(11-15(18)5)13-19-12-14(3)4/h9-11,14,16,19H,7-8,12-13H2,1-6H3. The first-order chi connectivity index (χ1) is 9.49. The number of anilines is 1. The molecule has 0 aliphatic heterocycles. The van der Waals surface area contributed by atoms with Gasteiger partial charge in [0.15, 0.2) is 0 Å². The van der Waals surface area contributed by atoms with Crippen LogP contribution in [-0.2, 0) is 6.54 Å². The van der Waals surface area contributed by atoms with Crippen LogP contribution in [0.5, 0.6) is 0 Å². The van der Waals surface area contributed by atoms with Gasteiger partial charge in [-0.15, -0.1) is 0 Å². The Bertz CT molecular complexity index is 398. The lowest BCUT2D eigenvalue weighted by atomic mass is 10.1. The summed E-state index contributed by atoms with van der Waals surface area (Å²) >= 11 is 0. The minimum absolute atomic E-state index is 0.601. The van der Waals surface area contributed by atoms with Crippen molar-refractivity contribution < 1.29 is 0 Å². The van der Waals surface area contributed by atoms with Gasteiger partial charge in [-0.05, 0) is 56.8 Å². The van der Waals surface area contributed by atoms with E-state index in [1.807, 2.05) is 0 Å². The third-order valence-electron chi connectivity index (χ3n) is 3.92. The SMILES string of the molecule is CCC(C)N(CC)c1ccc(CNCC(C)C)cc1C. The van der Waals surface area contributed by atoms with Crippen molar-refractivity contribution in [3.8, 4) is 0 Å². The Kier molecular flexibility index (Phi) is 7.08. The lowest BCUT2D eigenvalue weighted by Crippen LogP contribution is -2.32. The molecule has 0 heterocycles. The molecule has 0 aliphatic carbocycles. The van der Waals surface area contributed by atoms with E-state index in [9.17, 15) is 0 Å². The van der Waals surface area contributed by atoms with Gasteiger partial charge in [0, 0.05) is 24.8 Å². The maximum absolute atomic E-state index is 3.51. The average Bonchev–Trinajstić information content (AvgIpc) is 2.41. The van der Waals surface area contributed by atoms with E-state index in [1.165, 1.54) is 23.2 Å². The highest BCUT2D eigenvalue weighted by molar-refractivity contribution is 5.55. The lowest BCUT2D eigenvalue weighted by Gasteiger charge is -2.31. The van der Waals surface area contributed by atoms with Crippen molar-refractivity contribution in [2.75, 3.05) is 18.0 Å². The summed E-state index contributed by atoms with van der Waals surface area (Å²) < 4.78 is 0. The van der Waals surface area contributed by atoms with Crippen LogP contribution in [0.3, 0.4) is 0 Å². The molecule has 0 saturated carbocycles. The number of rotatable bonds is 8. The van der Waals surface area contributed by atoms with Gasteiger partial charge in [0.05, 0.1) is 0 Å². The summed E-state index contributed by atoms with van der Waals surface area (Å²) in [7, 11) is 0. The van der Waals surface area contributed by atoms with Gasteiger partial charge in [0.2, 0.25) is 0 Å². The highest BCUT2D eigenvalue weighted by atomic mass is 15.1. The van der Waals surface area contributed by atoms with Crippen molar-refractivity contribution in [1.29, 1.82) is 0 Å². The Hall–Kier alpha value is -1.02. The van der Waals surface area contributed by atoms with Gasteiger partial charge in [-0.1, -0.05) is 32.9 Å². The first kappa shape index (κ1) is 17.0. The molecule has 0 bridgehead atoms. The van der Waals surface area contributed by atoms with Crippen molar-refractivity contribution >= 4 is 5.69 Å². The summed E-state index contributed by atoms with van der Waals surface area (Å²) in [5, 5.41) is 3.51. The number of hydrogen-bond donors (Lipinski definition) is 1. The second-order valence-corrected chi connectivity index (χ2v) is 6.19. The van der Waals surface area contributed by atoms with Crippen molar-refractivity contribution in [3.05, 3.63) is 29.3 Å². The van der Waals surface area contributed by atoms with E-state index in [1.54, 1.807) is 0 Å². The molecule has 1 aromatic carbocycles. The molecule has 1 atom stereocenters. The fourth-order valence-electron chi connectivity index (χ4n) is 2.59. The maximum Gasteiger partial charge on any atom is 0.0398 e. The second-order valence-electron chi connectivity index (χ2n) is 6.19. The Labute approximate surface area is 125 Å². The largest absolute Gasteiger partial charge is 0.369 e.